The molecular formula is C15H21NO6. The number of carboxylic acids is 2. The van der Waals surface area contributed by atoms with Crippen molar-refractivity contribution in [1.29, 1.82) is 0 Å². The smallest absolute Gasteiger partial charge is 0.408 e. The normalized spacial score (nSPS) is 37.3. The van der Waals surface area contributed by atoms with Gasteiger partial charge in [0, 0.05) is 5.92 Å². The first kappa shape index (κ1) is 15.1. The van der Waals surface area contributed by atoms with E-state index in [4.69, 9.17) is 4.74 Å². The monoisotopic (exact) mass is 311 g/mol. The van der Waals surface area contributed by atoms with E-state index in [2.05, 4.69) is 5.32 Å². The van der Waals surface area contributed by atoms with Crippen LogP contribution in [0.4, 0.5) is 4.79 Å². The second-order valence-electron chi connectivity index (χ2n) is 7.86. The van der Waals surface area contributed by atoms with Crippen LogP contribution in [0.25, 0.3) is 0 Å². The van der Waals surface area contributed by atoms with Crippen LogP contribution in [-0.2, 0) is 14.3 Å². The van der Waals surface area contributed by atoms with Crippen molar-refractivity contribution in [1.82, 2.24) is 5.32 Å². The molecule has 122 valence electrons. The quantitative estimate of drug-likeness (QED) is 0.727. The van der Waals surface area contributed by atoms with E-state index in [0.29, 0.717) is 6.42 Å². The number of hydrogen-bond acceptors (Lipinski definition) is 4. The van der Waals surface area contributed by atoms with Gasteiger partial charge in [-0.05, 0) is 51.4 Å². The number of carbonyl (C=O) groups is 3. The molecule has 7 nitrogen and oxygen atoms in total. The maximum absolute atomic E-state index is 12.1. The molecule has 0 aromatic heterocycles. The number of amides is 1. The van der Waals surface area contributed by atoms with Gasteiger partial charge < -0.3 is 20.3 Å². The highest BCUT2D eigenvalue weighted by Crippen LogP contribution is 2.78. The lowest BCUT2D eigenvalue weighted by molar-refractivity contribution is -0.147. The van der Waals surface area contributed by atoms with Crippen molar-refractivity contribution in [3.63, 3.8) is 0 Å². The van der Waals surface area contributed by atoms with Crippen LogP contribution in [0.15, 0.2) is 0 Å². The molecule has 0 aliphatic heterocycles. The van der Waals surface area contributed by atoms with Crippen molar-refractivity contribution in [3.8, 4) is 0 Å². The molecule has 0 heterocycles. The van der Waals surface area contributed by atoms with Gasteiger partial charge in [-0.25, -0.2) is 9.59 Å². The summed E-state index contributed by atoms with van der Waals surface area (Å²) in [6.07, 6.45) is 1.17. The minimum absolute atomic E-state index is 0.143. The van der Waals surface area contributed by atoms with Gasteiger partial charge in [-0.1, -0.05) is 0 Å². The first-order chi connectivity index (χ1) is 10.0. The fourth-order valence-corrected chi connectivity index (χ4v) is 4.34. The molecule has 7 heteroatoms. The predicted octanol–water partition coefficient (Wildman–Crippen LogP) is 1.47. The second-order valence-corrected chi connectivity index (χ2v) is 7.86. The van der Waals surface area contributed by atoms with E-state index in [1.807, 2.05) is 0 Å². The van der Waals surface area contributed by atoms with E-state index in [1.54, 1.807) is 20.8 Å². The average molecular weight is 311 g/mol. The Balaban J connectivity index is 1.86. The van der Waals surface area contributed by atoms with E-state index < -0.39 is 41.0 Å². The van der Waals surface area contributed by atoms with Crippen molar-refractivity contribution >= 4 is 18.0 Å². The minimum atomic E-state index is -1.52. The summed E-state index contributed by atoms with van der Waals surface area (Å²) >= 11 is 0. The van der Waals surface area contributed by atoms with Gasteiger partial charge in [0.05, 0.1) is 5.92 Å². The Morgan fingerprint density at radius 2 is 1.73 bits per heavy atom. The minimum Gasteiger partial charge on any atom is -0.481 e. The van der Waals surface area contributed by atoms with Crippen molar-refractivity contribution in [3.05, 3.63) is 0 Å². The molecule has 3 aliphatic rings. The first-order valence-electron chi connectivity index (χ1n) is 7.50. The largest absolute Gasteiger partial charge is 0.481 e. The van der Waals surface area contributed by atoms with Crippen molar-refractivity contribution in [2.45, 2.75) is 51.2 Å². The first-order valence-corrected chi connectivity index (χ1v) is 7.50. The number of hydrogen-bond donors (Lipinski definition) is 3. The third kappa shape index (κ3) is 2.06. The number of ether oxygens (including phenoxy) is 1. The van der Waals surface area contributed by atoms with Gasteiger partial charge in [0.25, 0.3) is 0 Å². The summed E-state index contributed by atoms with van der Waals surface area (Å²) in [5.41, 5.74) is -2.48. The number of carbonyl (C=O) groups excluding carboxylic acids is 1. The molecule has 3 fully saturated rings. The van der Waals surface area contributed by atoms with Gasteiger partial charge in [-0.3, -0.25) is 4.79 Å². The Labute approximate surface area is 128 Å². The number of alkyl carbamates (subject to hydrolysis) is 1. The van der Waals surface area contributed by atoms with Crippen LogP contribution in [-0.4, -0.2) is 39.4 Å². The number of nitrogens with one attached hydrogen (secondary N) is 1. The summed E-state index contributed by atoms with van der Waals surface area (Å²) in [6, 6.07) is 0. The van der Waals surface area contributed by atoms with Gasteiger partial charge >= 0.3 is 18.0 Å². The molecule has 3 N–H and O–H groups in total. The summed E-state index contributed by atoms with van der Waals surface area (Å²) in [5, 5.41) is 21.5. The Hall–Kier alpha value is -1.79. The van der Waals surface area contributed by atoms with Gasteiger partial charge in [-0.2, -0.15) is 0 Å². The zero-order valence-electron chi connectivity index (χ0n) is 12.9. The predicted molar refractivity (Wildman–Crippen MR) is 74.1 cm³/mol. The summed E-state index contributed by atoms with van der Waals surface area (Å²) in [7, 11) is 0. The highest BCUT2D eigenvalue weighted by Gasteiger charge is 2.82. The third-order valence-electron chi connectivity index (χ3n) is 5.21. The molecule has 1 unspecified atom stereocenters. The van der Waals surface area contributed by atoms with Crippen LogP contribution >= 0.6 is 0 Å². The molecular weight excluding hydrogens is 290 g/mol. The highest BCUT2D eigenvalue weighted by molar-refractivity contribution is 5.89. The SMILES string of the molecule is CC(C)(C)OC(=O)N[C@@]1(C(=O)O)CC2(CC2)[C@@H]2C1[C@H]2C(=O)O. The van der Waals surface area contributed by atoms with Crippen LogP contribution in [0.1, 0.15) is 40.0 Å². The second kappa shape index (κ2) is 4.14. The standard InChI is InChI=1S/C15H21NO6/c1-13(2,3)22-12(21)16-15(11(19)20)6-14(4-5-14)8-7(9(8)15)10(17)18/h7-9H,4-6H2,1-3H3,(H,16,21)(H,17,18)(H,19,20)/t7-,8-,9?,15-/m0/s1. The molecule has 0 bridgehead atoms. The van der Waals surface area contributed by atoms with E-state index >= 15 is 0 Å². The molecule has 0 saturated heterocycles. The van der Waals surface area contributed by atoms with Crippen molar-refractivity contribution < 1.29 is 29.3 Å². The Morgan fingerprint density at radius 1 is 1.14 bits per heavy atom. The highest BCUT2D eigenvalue weighted by atomic mass is 16.6. The topological polar surface area (TPSA) is 113 Å². The van der Waals surface area contributed by atoms with Crippen LogP contribution in [0.2, 0.25) is 0 Å². The zero-order chi connectivity index (χ0) is 16.5. The van der Waals surface area contributed by atoms with Crippen LogP contribution in [0, 0.1) is 23.2 Å². The van der Waals surface area contributed by atoms with Crippen LogP contribution in [0.5, 0.6) is 0 Å². The summed E-state index contributed by atoms with van der Waals surface area (Å²) in [6.45, 7) is 5.07. The zero-order valence-corrected chi connectivity index (χ0v) is 12.9. The van der Waals surface area contributed by atoms with Crippen LogP contribution in [0.3, 0.4) is 0 Å². The Bertz CT molecular complexity index is 561. The molecule has 0 aromatic rings. The molecule has 3 aliphatic carbocycles. The molecule has 3 rings (SSSR count). The molecule has 0 aromatic carbocycles. The maximum Gasteiger partial charge on any atom is 0.408 e. The maximum atomic E-state index is 12.1. The van der Waals surface area contributed by atoms with Gasteiger partial charge in [0.1, 0.15) is 11.1 Å². The van der Waals surface area contributed by atoms with Crippen molar-refractivity contribution in [2.24, 2.45) is 23.2 Å². The number of fused-ring (bicyclic) bond motifs is 2. The Morgan fingerprint density at radius 3 is 2.14 bits per heavy atom. The molecule has 0 radical (unpaired) electrons. The molecule has 1 spiro atoms. The molecule has 22 heavy (non-hydrogen) atoms. The lowest BCUT2D eigenvalue weighted by Gasteiger charge is -2.31. The lowest BCUT2D eigenvalue weighted by atomic mass is 9.85. The number of aliphatic carboxylic acids is 2. The molecule has 4 atom stereocenters. The van der Waals surface area contributed by atoms with Crippen molar-refractivity contribution in [2.75, 3.05) is 0 Å². The Kier molecular flexibility index (Phi) is 2.85. The van der Waals surface area contributed by atoms with Gasteiger partial charge in [0.15, 0.2) is 0 Å². The molecule has 3 saturated carbocycles. The average Bonchev–Trinajstić information content (AvgIpc) is 3.15. The van der Waals surface area contributed by atoms with Gasteiger partial charge in [-0.15, -0.1) is 0 Å². The fourth-order valence-electron chi connectivity index (χ4n) is 4.34. The van der Waals surface area contributed by atoms with Crippen LogP contribution < -0.4 is 5.32 Å². The third-order valence-corrected chi connectivity index (χ3v) is 5.21. The summed E-state index contributed by atoms with van der Waals surface area (Å²) in [5.74, 6) is -3.51. The van der Waals surface area contributed by atoms with E-state index in [9.17, 15) is 24.6 Å². The lowest BCUT2D eigenvalue weighted by Crippen LogP contribution is -2.57. The van der Waals surface area contributed by atoms with E-state index in [1.165, 1.54) is 0 Å². The van der Waals surface area contributed by atoms with E-state index in [0.717, 1.165) is 12.8 Å². The number of carboxylic acid groups (broad SMARTS) is 2. The fraction of sp³-hybridized carbons (Fsp3) is 0.800. The number of rotatable bonds is 3. The van der Waals surface area contributed by atoms with Gasteiger partial charge in [0.2, 0.25) is 0 Å². The summed E-state index contributed by atoms with van der Waals surface area (Å²) in [4.78, 5) is 35.3. The molecule has 1 amide bonds. The summed E-state index contributed by atoms with van der Waals surface area (Å²) < 4.78 is 5.17. The van der Waals surface area contributed by atoms with E-state index in [-0.39, 0.29) is 11.3 Å².